The third-order valence-corrected chi connectivity index (χ3v) is 18.7. The second kappa shape index (κ2) is 37.0. The summed E-state index contributed by atoms with van der Waals surface area (Å²) in [6.45, 7) is 76.1. The van der Waals surface area contributed by atoms with E-state index >= 15 is 0 Å². The predicted molar refractivity (Wildman–Crippen MR) is 406 cm³/mol. The molecule has 1 heteroatoms. The Morgan fingerprint density at radius 1 is 0.315 bits per heavy atom. The minimum absolute atomic E-state index is 0.232. The first-order valence-electron chi connectivity index (χ1n) is 34.2. The van der Waals surface area contributed by atoms with E-state index in [2.05, 4.69) is 351 Å². The molecule has 0 aliphatic rings. The van der Waals surface area contributed by atoms with Gasteiger partial charge in [-0.05, 0) is 311 Å². The summed E-state index contributed by atoms with van der Waals surface area (Å²) in [4.78, 5) is 2.14. The van der Waals surface area contributed by atoms with Crippen LogP contribution in [0.5, 0.6) is 0 Å². The van der Waals surface area contributed by atoms with Crippen LogP contribution in [0.15, 0.2) is 97.1 Å². The van der Waals surface area contributed by atoms with E-state index in [0.29, 0.717) is 23.7 Å². The lowest BCUT2D eigenvalue weighted by atomic mass is 9.76. The van der Waals surface area contributed by atoms with Crippen molar-refractivity contribution in [2.45, 2.75) is 289 Å². The van der Waals surface area contributed by atoms with Gasteiger partial charge in [0.15, 0.2) is 0 Å². The van der Waals surface area contributed by atoms with Crippen molar-refractivity contribution < 1.29 is 0 Å². The Morgan fingerprint density at radius 2 is 0.629 bits per heavy atom. The standard InChI is InChI=1S/C16H26.C14H22.C13H20.C12H18.C11H17N.2C11H16/c1-11-9-13(15(3,4)5)12(2)14(10-11)16(6,7)8;1-9(2)13-7-11(5)8-14(10(3)4)12(13)6;1-9(2)12-7-6-8-13(10(3)4)11(12)5;1-7-8(2)10(4)12(6)11(5)9(7)3;1-8-6-11(12(4)5)7-9(2)10(8)3;1-9(2)8-11-7-5-4-6-10(11)3;1-4-10-7-6-8-11(5-2)9(10)3/h9-10H,1-8H3;7-10H,1-6H3;6-10H,1-5H3;1-6H3;6-7H,1-5H3;4-7,9H,8H2,1-3H3;6-8H,4-5H2,1-3H3. The maximum atomic E-state index is 2.34. The third-order valence-electron chi connectivity index (χ3n) is 18.7. The van der Waals surface area contributed by atoms with Gasteiger partial charge in [-0.2, -0.15) is 0 Å². The summed E-state index contributed by atoms with van der Waals surface area (Å²) in [5.41, 5.74) is 38.2. The molecular weight excluding hydrogens is 1070 g/mol. The molecule has 0 heterocycles. The van der Waals surface area contributed by atoms with Crippen LogP contribution in [0.4, 0.5) is 5.69 Å². The van der Waals surface area contributed by atoms with Crippen molar-refractivity contribution in [3.8, 4) is 0 Å². The SMILES string of the molecule is CCc1cccc(CC)c1C.Cc1c(C(C)C)cccc1C(C)C.Cc1c(C)c(C)c(C)c(C)c1C.Cc1cc(C(C)(C)C)c(C)c(C(C)(C)C)c1.Cc1cc(C(C)C)c(C)c(C(C)C)c1.Cc1cc(N(C)C)cc(C)c1C.Cc1ccccc1CC(C)C. The van der Waals surface area contributed by atoms with Crippen molar-refractivity contribution >= 4 is 5.69 Å². The Bertz CT molecular complexity index is 3050. The number of rotatable bonds is 9. The average molecular weight is 1210 g/mol. The Labute approximate surface area is 552 Å². The molecule has 0 unspecified atom stereocenters. The van der Waals surface area contributed by atoms with Gasteiger partial charge in [-0.15, -0.1) is 0 Å². The summed E-state index contributed by atoms with van der Waals surface area (Å²) in [6, 6.07) is 35.6. The van der Waals surface area contributed by atoms with Crippen molar-refractivity contribution in [3.63, 3.8) is 0 Å². The topological polar surface area (TPSA) is 3.24 Å². The largest absolute Gasteiger partial charge is 0.378 e. The van der Waals surface area contributed by atoms with Gasteiger partial charge in [0.25, 0.3) is 0 Å². The van der Waals surface area contributed by atoms with Gasteiger partial charge >= 0.3 is 0 Å². The van der Waals surface area contributed by atoms with E-state index in [1.54, 1.807) is 0 Å². The second-order valence-electron chi connectivity index (χ2n) is 30.0. The van der Waals surface area contributed by atoms with Gasteiger partial charge in [0.2, 0.25) is 0 Å². The van der Waals surface area contributed by atoms with Gasteiger partial charge < -0.3 is 4.90 Å². The van der Waals surface area contributed by atoms with E-state index in [1.165, 1.54) is 151 Å². The lowest BCUT2D eigenvalue weighted by Gasteiger charge is -2.29. The zero-order valence-corrected chi connectivity index (χ0v) is 64.7. The third kappa shape index (κ3) is 25.2. The molecule has 7 aromatic rings. The fourth-order valence-corrected chi connectivity index (χ4v) is 12.2. The molecule has 0 amide bonds. The molecule has 0 aliphatic heterocycles. The molecular formula is C88H135N. The van der Waals surface area contributed by atoms with Crippen LogP contribution in [-0.2, 0) is 30.1 Å². The molecule has 0 bridgehead atoms. The Balaban J connectivity index is 0.000000521. The fourth-order valence-electron chi connectivity index (χ4n) is 12.2. The normalized spacial score (nSPS) is 11.1. The van der Waals surface area contributed by atoms with Crippen LogP contribution in [0.2, 0.25) is 0 Å². The molecule has 0 fully saturated rings. The molecule has 89 heavy (non-hydrogen) atoms. The van der Waals surface area contributed by atoms with Gasteiger partial charge in [0.1, 0.15) is 0 Å². The first-order valence-corrected chi connectivity index (χ1v) is 34.2. The lowest BCUT2D eigenvalue weighted by Crippen LogP contribution is -2.19. The van der Waals surface area contributed by atoms with Crippen LogP contribution < -0.4 is 4.90 Å². The maximum Gasteiger partial charge on any atom is 0.0366 e. The maximum absolute atomic E-state index is 2.34. The molecule has 492 valence electrons. The number of nitrogens with zero attached hydrogens (tertiary/aromatic N) is 1. The monoisotopic (exact) mass is 1210 g/mol. The summed E-state index contributed by atoms with van der Waals surface area (Å²) in [5.74, 6) is 3.30. The van der Waals surface area contributed by atoms with Crippen molar-refractivity contribution in [3.05, 3.63) is 236 Å². The second-order valence-corrected chi connectivity index (χ2v) is 30.0. The van der Waals surface area contributed by atoms with Crippen molar-refractivity contribution in [2.24, 2.45) is 5.92 Å². The summed E-state index contributed by atoms with van der Waals surface area (Å²) >= 11 is 0. The molecule has 0 saturated heterocycles. The van der Waals surface area contributed by atoms with Crippen molar-refractivity contribution in [2.75, 3.05) is 19.0 Å². The molecule has 7 aromatic carbocycles. The van der Waals surface area contributed by atoms with Crippen LogP contribution in [0.3, 0.4) is 0 Å². The highest BCUT2D eigenvalue weighted by molar-refractivity contribution is 5.53. The molecule has 0 N–H and O–H groups in total. The summed E-state index contributed by atoms with van der Waals surface area (Å²) < 4.78 is 0. The summed E-state index contributed by atoms with van der Waals surface area (Å²) in [6.07, 6.45) is 3.51. The van der Waals surface area contributed by atoms with E-state index in [1.807, 2.05) is 0 Å². The average Bonchev–Trinajstić information content (AvgIpc) is 1.20. The zero-order valence-electron chi connectivity index (χ0n) is 64.7. The molecule has 0 spiro atoms. The first kappa shape index (κ1) is 81.4. The van der Waals surface area contributed by atoms with E-state index in [4.69, 9.17) is 0 Å². The molecule has 0 radical (unpaired) electrons. The molecule has 0 atom stereocenters. The highest BCUT2D eigenvalue weighted by Crippen LogP contribution is 2.35. The smallest absolute Gasteiger partial charge is 0.0366 e. The van der Waals surface area contributed by atoms with Gasteiger partial charge in [0, 0.05) is 19.8 Å². The van der Waals surface area contributed by atoms with E-state index in [-0.39, 0.29) is 10.8 Å². The van der Waals surface area contributed by atoms with Crippen LogP contribution in [0.1, 0.15) is 287 Å². The zero-order chi connectivity index (χ0) is 68.9. The Morgan fingerprint density at radius 3 is 0.933 bits per heavy atom. The summed E-state index contributed by atoms with van der Waals surface area (Å²) in [7, 11) is 4.15. The lowest BCUT2D eigenvalue weighted by molar-refractivity contribution is 0.560. The number of anilines is 1. The van der Waals surface area contributed by atoms with Gasteiger partial charge in [-0.3, -0.25) is 0 Å². The Kier molecular flexibility index (Phi) is 33.8. The van der Waals surface area contributed by atoms with Crippen LogP contribution in [0.25, 0.3) is 0 Å². The number of hydrogen-bond acceptors (Lipinski definition) is 1. The van der Waals surface area contributed by atoms with Gasteiger partial charge in [-0.1, -0.05) is 221 Å². The molecule has 0 aromatic heterocycles. The van der Waals surface area contributed by atoms with E-state index in [9.17, 15) is 0 Å². The molecule has 7 rings (SSSR count). The molecule has 0 saturated carbocycles. The Hall–Kier alpha value is -5.66. The van der Waals surface area contributed by atoms with Crippen molar-refractivity contribution in [1.82, 2.24) is 0 Å². The van der Waals surface area contributed by atoms with Crippen LogP contribution in [0, 0.1) is 117 Å². The fraction of sp³-hybridized carbons (Fsp3) is 0.523. The van der Waals surface area contributed by atoms with Crippen LogP contribution >= 0.6 is 0 Å². The summed E-state index contributed by atoms with van der Waals surface area (Å²) in [5, 5.41) is 0. The predicted octanol–water partition coefficient (Wildman–Crippen LogP) is 26.2. The number of aryl methyl sites for hydroxylation is 7. The molecule has 1 nitrogen and oxygen atoms in total. The highest BCUT2D eigenvalue weighted by atomic mass is 15.1. The first-order chi connectivity index (χ1) is 41.0. The van der Waals surface area contributed by atoms with Crippen molar-refractivity contribution in [1.29, 1.82) is 0 Å². The number of benzene rings is 7. The minimum atomic E-state index is 0.232. The van der Waals surface area contributed by atoms with Crippen LogP contribution in [-0.4, -0.2) is 14.1 Å². The molecule has 0 aliphatic carbocycles. The highest BCUT2D eigenvalue weighted by Gasteiger charge is 2.24. The van der Waals surface area contributed by atoms with E-state index in [0.717, 1.165) is 18.8 Å². The quantitative estimate of drug-likeness (QED) is 0.139. The number of hydrogen-bond donors (Lipinski definition) is 0. The van der Waals surface area contributed by atoms with Gasteiger partial charge in [-0.25, -0.2) is 0 Å². The van der Waals surface area contributed by atoms with E-state index < -0.39 is 0 Å². The minimum Gasteiger partial charge on any atom is -0.378 e. The van der Waals surface area contributed by atoms with Gasteiger partial charge in [0.05, 0.1) is 0 Å².